The quantitative estimate of drug-likeness (QED) is 0.380. The van der Waals surface area contributed by atoms with Crippen LogP contribution in [0, 0.1) is 10.1 Å². The minimum absolute atomic E-state index is 0.000951. The Bertz CT molecular complexity index is 1230. The summed E-state index contributed by atoms with van der Waals surface area (Å²) >= 11 is 0. The smallest absolute Gasteiger partial charge is 0.269 e. The molecule has 1 heterocycles. The van der Waals surface area contributed by atoms with Gasteiger partial charge in [0.2, 0.25) is 0 Å². The van der Waals surface area contributed by atoms with Crippen molar-refractivity contribution in [3.8, 4) is 5.69 Å². The number of nitrogens with one attached hydrogen (secondary N) is 1. The van der Waals surface area contributed by atoms with Crippen molar-refractivity contribution in [3.05, 3.63) is 118 Å². The van der Waals surface area contributed by atoms with Gasteiger partial charge in [-0.2, -0.15) is 0 Å². The summed E-state index contributed by atoms with van der Waals surface area (Å²) in [5.74, 6) is -0.238. The molecule has 152 valence electrons. The van der Waals surface area contributed by atoms with Crippen molar-refractivity contribution in [2.45, 2.75) is 0 Å². The van der Waals surface area contributed by atoms with Gasteiger partial charge in [0.25, 0.3) is 11.6 Å². The maximum atomic E-state index is 12.7. The fraction of sp³-hybridized carbons (Fsp3) is 0. The first-order valence-electron chi connectivity index (χ1n) is 9.41. The standard InChI is InChI=1S/C23H17N5O3/c29-23(18-9-5-2-6-10-18)24-22(17-7-3-1-4-8-17)15-19-16-27(26-25-19)20-11-13-21(14-12-20)28(30)31/h1-16H,(H,24,29). The number of benzene rings is 3. The average Bonchev–Trinajstić information content (AvgIpc) is 3.28. The molecule has 1 aromatic heterocycles. The van der Waals surface area contributed by atoms with Crippen LogP contribution in [0.3, 0.4) is 0 Å². The molecule has 0 radical (unpaired) electrons. The number of rotatable bonds is 6. The third-order valence-electron chi connectivity index (χ3n) is 4.50. The van der Waals surface area contributed by atoms with E-state index in [4.69, 9.17) is 0 Å². The predicted molar refractivity (Wildman–Crippen MR) is 116 cm³/mol. The number of aromatic nitrogens is 3. The molecule has 8 nitrogen and oxygen atoms in total. The summed E-state index contributed by atoms with van der Waals surface area (Å²) in [7, 11) is 0. The number of hydrogen-bond acceptors (Lipinski definition) is 5. The second-order valence-corrected chi connectivity index (χ2v) is 6.61. The van der Waals surface area contributed by atoms with Gasteiger partial charge in [-0.25, -0.2) is 4.68 Å². The summed E-state index contributed by atoms with van der Waals surface area (Å²) in [5.41, 5.74) is 3.08. The first-order chi connectivity index (χ1) is 15.1. The van der Waals surface area contributed by atoms with Gasteiger partial charge >= 0.3 is 0 Å². The lowest BCUT2D eigenvalue weighted by Crippen LogP contribution is -2.21. The third-order valence-corrected chi connectivity index (χ3v) is 4.50. The van der Waals surface area contributed by atoms with Crippen LogP contribution in [0.15, 0.2) is 91.1 Å². The van der Waals surface area contributed by atoms with E-state index in [1.54, 1.807) is 48.7 Å². The Morgan fingerprint density at radius 1 is 0.903 bits per heavy atom. The Hall–Kier alpha value is -4.59. The van der Waals surface area contributed by atoms with Crippen LogP contribution in [-0.4, -0.2) is 25.8 Å². The monoisotopic (exact) mass is 411 g/mol. The lowest BCUT2D eigenvalue weighted by Gasteiger charge is -2.10. The number of nitro groups is 1. The molecule has 0 atom stereocenters. The van der Waals surface area contributed by atoms with Gasteiger partial charge in [-0.05, 0) is 35.9 Å². The van der Waals surface area contributed by atoms with Crippen molar-refractivity contribution < 1.29 is 9.72 Å². The molecule has 8 heteroatoms. The number of nitro benzene ring substituents is 1. The number of hydrogen-bond donors (Lipinski definition) is 1. The predicted octanol–water partition coefficient (Wildman–Crippen LogP) is 4.10. The SMILES string of the molecule is O=C(NC(=Cc1cn(-c2ccc([N+](=O)[O-])cc2)nn1)c1ccccc1)c1ccccc1. The molecule has 1 N–H and O–H groups in total. The number of carbonyl (C=O) groups excluding carboxylic acids is 1. The molecule has 0 bridgehead atoms. The normalized spacial score (nSPS) is 11.2. The second kappa shape index (κ2) is 8.83. The zero-order valence-electron chi connectivity index (χ0n) is 16.3. The van der Waals surface area contributed by atoms with Crippen LogP contribution in [0.2, 0.25) is 0 Å². The van der Waals surface area contributed by atoms with Crippen molar-refractivity contribution >= 4 is 23.4 Å². The van der Waals surface area contributed by atoms with E-state index in [9.17, 15) is 14.9 Å². The molecule has 0 fully saturated rings. The minimum Gasteiger partial charge on any atom is -0.321 e. The van der Waals surface area contributed by atoms with Gasteiger partial charge in [0.15, 0.2) is 0 Å². The summed E-state index contributed by atoms with van der Waals surface area (Å²) < 4.78 is 1.51. The first kappa shape index (κ1) is 19.7. The molecular formula is C23H17N5O3. The molecular weight excluding hydrogens is 394 g/mol. The number of non-ortho nitro benzene ring substituents is 1. The molecule has 0 aliphatic carbocycles. The molecule has 0 unspecified atom stereocenters. The number of amides is 1. The maximum Gasteiger partial charge on any atom is 0.269 e. The van der Waals surface area contributed by atoms with Crippen molar-refractivity contribution in [1.29, 1.82) is 0 Å². The molecule has 0 saturated carbocycles. The van der Waals surface area contributed by atoms with Crippen molar-refractivity contribution in [3.63, 3.8) is 0 Å². The van der Waals surface area contributed by atoms with Crippen LogP contribution < -0.4 is 5.32 Å². The van der Waals surface area contributed by atoms with Crippen molar-refractivity contribution in [1.82, 2.24) is 20.3 Å². The molecule has 31 heavy (non-hydrogen) atoms. The molecule has 3 aromatic carbocycles. The van der Waals surface area contributed by atoms with E-state index < -0.39 is 4.92 Å². The Kier molecular flexibility index (Phi) is 5.62. The molecule has 4 rings (SSSR count). The zero-order valence-corrected chi connectivity index (χ0v) is 16.3. The van der Waals surface area contributed by atoms with E-state index in [2.05, 4.69) is 15.6 Å². The lowest BCUT2D eigenvalue weighted by molar-refractivity contribution is -0.384. The Balaban J connectivity index is 1.63. The topological polar surface area (TPSA) is 103 Å². The molecule has 0 aliphatic heterocycles. The largest absolute Gasteiger partial charge is 0.321 e. The maximum absolute atomic E-state index is 12.7. The first-order valence-corrected chi connectivity index (χ1v) is 9.41. The lowest BCUT2D eigenvalue weighted by atomic mass is 10.1. The molecule has 1 amide bonds. The highest BCUT2D eigenvalue weighted by molar-refractivity contribution is 6.01. The summed E-state index contributed by atoms with van der Waals surface area (Å²) in [6.45, 7) is 0. The van der Waals surface area contributed by atoms with Gasteiger partial charge in [0.05, 0.1) is 22.5 Å². The van der Waals surface area contributed by atoms with Crippen LogP contribution >= 0.6 is 0 Å². The van der Waals surface area contributed by atoms with E-state index in [1.165, 1.54) is 16.8 Å². The van der Waals surface area contributed by atoms with Gasteiger partial charge in [0, 0.05) is 17.7 Å². The van der Waals surface area contributed by atoms with Crippen molar-refractivity contribution in [2.24, 2.45) is 0 Å². The molecule has 4 aromatic rings. The van der Waals surface area contributed by atoms with Crippen molar-refractivity contribution in [2.75, 3.05) is 0 Å². The van der Waals surface area contributed by atoms with E-state index in [1.807, 2.05) is 36.4 Å². The Morgan fingerprint density at radius 2 is 1.52 bits per heavy atom. The second-order valence-electron chi connectivity index (χ2n) is 6.61. The molecule has 0 aliphatic rings. The highest BCUT2D eigenvalue weighted by Gasteiger charge is 2.11. The molecule has 0 saturated heterocycles. The van der Waals surface area contributed by atoms with Crippen LogP contribution in [0.25, 0.3) is 17.5 Å². The average molecular weight is 411 g/mol. The summed E-state index contributed by atoms with van der Waals surface area (Å²) in [4.78, 5) is 23.1. The Morgan fingerprint density at radius 3 is 2.13 bits per heavy atom. The van der Waals surface area contributed by atoms with Crippen LogP contribution in [0.5, 0.6) is 0 Å². The third kappa shape index (κ3) is 4.70. The summed E-state index contributed by atoms with van der Waals surface area (Å²) in [5, 5.41) is 22.0. The summed E-state index contributed by atoms with van der Waals surface area (Å²) in [6.07, 6.45) is 3.41. The van der Waals surface area contributed by atoms with Gasteiger partial charge in [-0.1, -0.05) is 53.7 Å². The van der Waals surface area contributed by atoms with E-state index >= 15 is 0 Å². The zero-order chi connectivity index (χ0) is 21.6. The van der Waals surface area contributed by atoms with Gasteiger partial charge < -0.3 is 5.32 Å². The van der Waals surface area contributed by atoms with E-state index in [-0.39, 0.29) is 11.6 Å². The Labute approximate surface area is 177 Å². The fourth-order valence-corrected chi connectivity index (χ4v) is 2.94. The highest BCUT2D eigenvalue weighted by atomic mass is 16.6. The number of nitrogens with zero attached hydrogens (tertiary/aromatic N) is 4. The van der Waals surface area contributed by atoms with Crippen LogP contribution in [-0.2, 0) is 0 Å². The van der Waals surface area contributed by atoms with Crippen LogP contribution in [0.4, 0.5) is 5.69 Å². The summed E-state index contributed by atoms with van der Waals surface area (Å²) in [6, 6.07) is 24.4. The van der Waals surface area contributed by atoms with E-state index in [0.29, 0.717) is 22.6 Å². The highest BCUT2D eigenvalue weighted by Crippen LogP contribution is 2.18. The molecule has 0 spiro atoms. The van der Waals surface area contributed by atoms with Gasteiger partial charge in [0.1, 0.15) is 5.69 Å². The fourth-order valence-electron chi connectivity index (χ4n) is 2.94. The van der Waals surface area contributed by atoms with E-state index in [0.717, 1.165) is 5.56 Å². The minimum atomic E-state index is -0.458. The number of carbonyl (C=O) groups is 1. The van der Waals surface area contributed by atoms with Gasteiger partial charge in [-0.3, -0.25) is 14.9 Å². The van der Waals surface area contributed by atoms with Crippen LogP contribution in [0.1, 0.15) is 21.6 Å². The van der Waals surface area contributed by atoms with Gasteiger partial charge in [-0.15, -0.1) is 5.10 Å².